The van der Waals surface area contributed by atoms with Gasteiger partial charge in [0.2, 0.25) is 5.91 Å². The normalized spacial score (nSPS) is 12.4. The van der Waals surface area contributed by atoms with Gasteiger partial charge in [-0.05, 0) is 18.9 Å². The predicted octanol–water partition coefficient (Wildman–Crippen LogP) is 1.23. The van der Waals surface area contributed by atoms with Gasteiger partial charge in [-0.25, -0.2) is 4.79 Å². The minimum atomic E-state index is -1.04. The van der Waals surface area contributed by atoms with Crippen molar-refractivity contribution >= 4 is 11.9 Å². The van der Waals surface area contributed by atoms with Crippen molar-refractivity contribution in [3.8, 4) is 0 Å². The van der Waals surface area contributed by atoms with Crippen LogP contribution in [0.4, 0.5) is 0 Å². The summed E-state index contributed by atoms with van der Waals surface area (Å²) in [4.78, 5) is 22.6. The summed E-state index contributed by atoms with van der Waals surface area (Å²) in [5, 5.41) is 14.6. The molecular formula is C13H20N2O4. The average Bonchev–Trinajstić information content (AvgIpc) is 2.81. The molecule has 0 spiro atoms. The van der Waals surface area contributed by atoms with Crippen molar-refractivity contribution in [3.63, 3.8) is 0 Å². The highest BCUT2D eigenvalue weighted by molar-refractivity contribution is 5.88. The minimum Gasteiger partial charge on any atom is -0.478 e. The summed E-state index contributed by atoms with van der Waals surface area (Å²) in [5.74, 6) is -0.449. The molecule has 0 aliphatic carbocycles. The molecule has 0 radical (unpaired) electrons. The van der Waals surface area contributed by atoms with E-state index in [1.165, 1.54) is 12.3 Å². The molecule has 19 heavy (non-hydrogen) atoms. The largest absolute Gasteiger partial charge is 0.478 e. The first kappa shape index (κ1) is 15.2. The zero-order valence-corrected chi connectivity index (χ0v) is 11.4. The van der Waals surface area contributed by atoms with Crippen LogP contribution in [0.25, 0.3) is 0 Å². The smallest absolute Gasteiger partial charge is 0.339 e. The fourth-order valence-electron chi connectivity index (χ4n) is 1.46. The highest BCUT2D eigenvalue weighted by atomic mass is 16.4. The molecule has 0 aliphatic heterocycles. The SMILES string of the molecule is CC(C)CNC(=O)C(C)NCc1occc1C(=O)O. The second-order valence-electron chi connectivity index (χ2n) is 4.80. The van der Waals surface area contributed by atoms with Crippen molar-refractivity contribution in [1.82, 2.24) is 10.6 Å². The number of carboxylic acid groups (broad SMARTS) is 1. The van der Waals surface area contributed by atoms with E-state index in [-0.39, 0.29) is 18.0 Å². The number of carbonyl (C=O) groups excluding carboxylic acids is 1. The maximum Gasteiger partial charge on any atom is 0.339 e. The third kappa shape index (κ3) is 4.75. The van der Waals surface area contributed by atoms with E-state index in [0.717, 1.165) is 0 Å². The maximum absolute atomic E-state index is 11.7. The van der Waals surface area contributed by atoms with Gasteiger partial charge in [-0.15, -0.1) is 0 Å². The molecule has 0 saturated heterocycles. The molecule has 0 bridgehead atoms. The van der Waals surface area contributed by atoms with E-state index in [2.05, 4.69) is 10.6 Å². The minimum absolute atomic E-state index is 0.113. The first-order valence-corrected chi connectivity index (χ1v) is 6.22. The molecule has 1 aromatic heterocycles. The van der Waals surface area contributed by atoms with Crippen molar-refractivity contribution in [3.05, 3.63) is 23.7 Å². The molecule has 3 N–H and O–H groups in total. The predicted molar refractivity (Wildman–Crippen MR) is 69.8 cm³/mol. The van der Waals surface area contributed by atoms with Crippen LogP contribution in [0, 0.1) is 5.92 Å². The molecule has 1 atom stereocenters. The Kier molecular flexibility index (Phi) is 5.57. The van der Waals surface area contributed by atoms with Gasteiger partial charge in [-0.1, -0.05) is 13.8 Å². The van der Waals surface area contributed by atoms with Crippen LogP contribution < -0.4 is 10.6 Å². The molecule has 0 fully saturated rings. The van der Waals surface area contributed by atoms with Gasteiger partial charge in [-0.2, -0.15) is 0 Å². The van der Waals surface area contributed by atoms with Crippen LogP contribution in [0.3, 0.4) is 0 Å². The third-order valence-electron chi connectivity index (χ3n) is 2.62. The summed E-state index contributed by atoms with van der Waals surface area (Å²) in [6.45, 7) is 6.57. The zero-order chi connectivity index (χ0) is 14.4. The molecule has 0 saturated carbocycles. The molecule has 1 aromatic rings. The number of carbonyl (C=O) groups is 2. The quantitative estimate of drug-likeness (QED) is 0.691. The summed E-state index contributed by atoms with van der Waals surface area (Å²) in [6.07, 6.45) is 1.32. The van der Waals surface area contributed by atoms with Crippen LogP contribution >= 0.6 is 0 Å². The van der Waals surface area contributed by atoms with E-state index in [1.54, 1.807) is 6.92 Å². The number of hydrogen-bond acceptors (Lipinski definition) is 4. The Balaban J connectivity index is 2.45. The van der Waals surface area contributed by atoms with Crippen molar-refractivity contribution in [2.75, 3.05) is 6.54 Å². The van der Waals surface area contributed by atoms with E-state index >= 15 is 0 Å². The Morgan fingerprint density at radius 1 is 1.37 bits per heavy atom. The van der Waals surface area contributed by atoms with E-state index in [0.29, 0.717) is 18.2 Å². The van der Waals surface area contributed by atoms with Gasteiger partial charge in [0.25, 0.3) is 0 Å². The summed E-state index contributed by atoms with van der Waals surface area (Å²) < 4.78 is 5.08. The number of furan rings is 1. The summed E-state index contributed by atoms with van der Waals surface area (Å²) in [5.41, 5.74) is 0.113. The molecule has 1 amide bonds. The molecule has 106 valence electrons. The van der Waals surface area contributed by atoms with Crippen LogP contribution in [0.15, 0.2) is 16.7 Å². The van der Waals surface area contributed by atoms with Crippen molar-refractivity contribution < 1.29 is 19.1 Å². The van der Waals surface area contributed by atoms with Gasteiger partial charge in [0.05, 0.1) is 18.8 Å². The molecule has 1 heterocycles. The number of amides is 1. The number of carboxylic acids is 1. The topological polar surface area (TPSA) is 91.6 Å². The second kappa shape index (κ2) is 6.94. The number of hydrogen-bond donors (Lipinski definition) is 3. The van der Waals surface area contributed by atoms with Gasteiger partial charge in [0, 0.05) is 6.54 Å². The lowest BCUT2D eigenvalue weighted by Crippen LogP contribution is -2.43. The Hall–Kier alpha value is -1.82. The van der Waals surface area contributed by atoms with Gasteiger partial charge < -0.3 is 14.8 Å². The first-order valence-electron chi connectivity index (χ1n) is 6.22. The van der Waals surface area contributed by atoms with Gasteiger partial charge in [0.15, 0.2) is 0 Å². The van der Waals surface area contributed by atoms with Crippen molar-refractivity contribution in [1.29, 1.82) is 0 Å². The number of rotatable bonds is 7. The molecule has 0 aromatic carbocycles. The third-order valence-corrected chi connectivity index (χ3v) is 2.62. The van der Waals surface area contributed by atoms with Gasteiger partial charge >= 0.3 is 5.97 Å². The Labute approximate surface area is 112 Å². The second-order valence-corrected chi connectivity index (χ2v) is 4.80. The van der Waals surface area contributed by atoms with E-state index in [9.17, 15) is 9.59 Å². The standard InChI is InChI=1S/C13H20N2O4/c1-8(2)6-15-12(16)9(3)14-7-11-10(13(17)18)4-5-19-11/h4-5,8-9,14H,6-7H2,1-3H3,(H,15,16)(H,17,18). The summed E-state index contributed by atoms with van der Waals surface area (Å²) in [6, 6.07) is 0.980. The number of nitrogens with one attached hydrogen (secondary N) is 2. The van der Waals surface area contributed by atoms with Crippen LogP contribution in [-0.4, -0.2) is 29.6 Å². The van der Waals surface area contributed by atoms with Crippen LogP contribution in [0.1, 0.15) is 36.9 Å². The maximum atomic E-state index is 11.7. The lowest BCUT2D eigenvalue weighted by molar-refractivity contribution is -0.122. The highest BCUT2D eigenvalue weighted by Crippen LogP contribution is 2.10. The fourth-order valence-corrected chi connectivity index (χ4v) is 1.46. The first-order chi connectivity index (χ1) is 8.91. The van der Waals surface area contributed by atoms with Crippen molar-refractivity contribution in [2.45, 2.75) is 33.4 Å². The molecule has 1 unspecified atom stereocenters. The Morgan fingerprint density at radius 2 is 2.05 bits per heavy atom. The molecule has 6 nitrogen and oxygen atoms in total. The Morgan fingerprint density at radius 3 is 2.63 bits per heavy atom. The Bertz CT molecular complexity index is 440. The summed E-state index contributed by atoms with van der Waals surface area (Å²) in [7, 11) is 0. The highest BCUT2D eigenvalue weighted by Gasteiger charge is 2.16. The monoisotopic (exact) mass is 268 g/mol. The fraction of sp³-hybridized carbons (Fsp3) is 0.538. The van der Waals surface area contributed by atoms with E-state index < -0.39 is 12.0 Å². The molecule has 1 rings (SSSR count). The molecular weight excluding hydrogens is 248 g/mol. The molecule has 0 aliphatic rings. The van der Waals surface area contributed by atoms with E-state index in [1.807, 2.05) is 13.8 Å². The lowest BCUT2D eigenvalue weighted by Gasteiger charge is -2.14. The van der Waals surface area contributed by atoms with Crippen LogP contribution in [0.5, 0.6) is 0 Å². The van der Waals surface area contributed by atoms with Crippen LogP contribution in [0.2, 0.25) is 0 Å². The van der Waals surface area contributed by atoms with Gasteiger partial charge in [-0.3, -0.25) is 10.1 Å². The van der Waals surface area contributed by atoms with Crippen LogP contribution in [-0.2, 0) is 11.3 Å². The lowest BCUT2D eigenvalue weighted by atomic mass is 10.2. The molecule has 6 heteroatoms. The zero-order valence-electron chi connectivity index (χ0n) is 11.4. The average molecular weight is 268 g/mol. The van der Waals surface area contributed by atoms with Gasteiger partial charge in [0.1, 0.15) is 11.3 Å². The van der Waals surface area contributed by atoms with E-state index in [4.69, 9.17) is 9.52 Å². The van der Waals surface area contributed by atoms with Crippen molar-refractivity contribution in [2.24, 2.45) is 5.92 Å². The number of aromatic carboxylic acids is 1. The summed E-state index contributed by atoms with van der Waals surface area (Å²) >= 11 is 0.